The number of ether oxygens (including phenoxy) is 2. The summed E-state index contributed by atoms with van der Waals surface area (Å²) in [6.45, 7) is 0. The van der Waals surface area contributed by atoms with Gasteiger partial charge in [0.05, 0.1) is 5.56 Å². The van der Waals surface area contributed by atoms with Crippen molar-refractivity contribution in [2.45, 2.75) is 6.18 Å². The first-order valence-corrected chi connectivity index (χ1v) is 5.94. The van der Waals surface area contributed by atoms with Gasteiger partial charge in [-0.05, 0) is 18.2 Å². The summed E-state index contributed by atoms with van der Waals surface area (Å²) < 4.78 is 60.1. The van der Waals surface area contributed by atoms with E-state index in [1.165, 1.54) is 0 Å². The van der Waals surface area contributed by atoms with Gasteiger partial charge in [0.2, 0.25) is 5.76 Å². The van der Waals surface area contributed by atoms with Crippen LogP contribution < -0.4 is 10.6 Å². The van der Waals surface area contributed by atoms with E-state index in [0.29, 0.717) is 12.1 Å². The smallest absolute Gasteiger partial charge is 0.419 e. The summed E-state index contributed by atoms with van der Waals surface area (Å²) in [5, 5.41) is 3.77. The molecule has 23 heavy (non-hydrogen) atoms. The third kappa shape index (κ3) is 4.22. The van der Waals surface area contributed by atoms with Gasteiger partial charge in [0.25, 0.3) is 5.91 Å². The lowest BCUT2D eigenvalue weighted by atomic mass is 10.2. The Morgan fingerprint density at radius 1 is 1.13 bits per heavy atom. The molecule has 0 saturated carbocycles. The molecular weight excluding hydrogens is 324 g/mol. The van der Waals surface area contributed by atoms with Crippen LogP contribution in [0.25, 0.3) is 0 Å². The summed E-state index contributed by atoms with van der Waals surface area (Å²) in [7, 11) is 0. The van der Waals surface area contributed by atoms with Gasteiger partial charge >= 0.3 is 12.2 Å². The van der Waals surface area contributed by atoms with E-state index in [1.54, 1.807) is 5.32 Å². The highest BCUT2D eigenvalue weighted by molar-refractivity contribution is 6.06. The van der Waals surface area contributed by atoms with Crippen molar-refractivity contribution in [3.63, 3.8) is 0 Å². The van der Waals surface area contributed by atoms with Gasteiger partial charge in [0.1, 0.15) is 24.6 Å². The molecule has 1 aliphatic heterocycles. The fourth-order valence-electron chi connectivity index (χ4n) is 1.52. The van der Waals surface area contributed by atoms with Crippen molar-refractivity contribution in [3.8, 4) is 0 Å². The molecule has 1 heterocycles. The number of carbonyl (C=O) groups excluding carboxylic acids is 2. The van der Waals surface area contributed by atoms with Crippen molar-refractivity contribution in [3.05, 3.63) is 54.1 Å². The first-order chi connectivity index (χ1) is 10.8. The third-order valence-corrected chi connectivity index (χ3v) is 2.48. The molecular formula is C13H8F4N2O4. The van der Waals surface area contributed by atoms with Crippen molar-refractivity contribution < 1.29 is 36.6 Å². The van der Waals surface area contributed by atoms with Gasteiger partial charge in [-0.25, -0.2) is 9.18 Å². The predicted octanol–water partition coefficient (Wildman–Crippen LogP) is 2.85. The fraction of sp³-hybridized carbons (Fsp3) is 0.0769. The van der Waals surface area contributed by atoms with E-state index in [9.17, 15) is 27.2 Å². The van der Waals surface area contributed by atoms with Gasteiger partial charge in [-0.3, -0.25) is 10.1 Å². The number of anilines is 1. The molecule has 1 aromatic carbocycles. The summed E-state index contributed by atoms with van der Waals surface area (Å²) in [5.41, 5.74) is -1.89. The maximum absolute atomic E-state index is 13.1. The zero-order chi connectivity index (χ0) is 17.0. The van der Waals surface area contributed by atoms with Gasteiger partial charge < -0.3 is 14.8 Å². The van der Waals surface area contributed by atoms with Crippen LogP contribution in [0.3, 0.4) is 0 Å². The summed E-state index contributed by atoms with van der Waals surface area (Å²) >= 11 is 0. The Balaban J connectivity index is 2.03. The Morgan fingerprint density at radius 2 is 1.87 bits per heavy atom. The monoisotopic (exact) mass is 332 g/mol. The van der Waals surface area contributed by atoms with Crippen molar-refractivity contribution in [2.24, 2.45) is 0 Å². The van der Waals surface area contributed by atoms with Crippen molar-refractivity contribution >= 4 is 17.6 Å². The second kappa shape index (κ2) is 6.38. The standard InChI is InChI=1S/C13H8F4N2O4/c14-9-2-1-7(5-8(9)13(15,16)17)18-12(21)19-11(20)10-6-22-3-4-23-10/h1-6H,(H2,18,19,20,21). The largest absolute Gasteiger partial charge is 0.465 e. The fourth-order valence-corrected chi connectivity index (χ4v) is 1.52. The summed E-state index contributed by atoms with van der Waals surface area (Å²) in [4.78, 5) is 23.1. The number of nitrogens with one attached hydrogen (secondary N) is 2. The molecule has 2 rings (SSSR count). The van der Waals surface area contributed by atoms with Crippen molar-refractivity contribution in [1.29, 1.82) is 0 Å². The van der Waals surface area contributed by atoms with Crippen LogP contribution in [-0.2, 0) is 20.4 Å². The topological polar surface area (TPSA) is 76.7 Å². The van der Waals surface area contributed by atoms with Crippen molar-refractivity contribution in [1.82, 2.24) is 5.32 Å². The van der Waals surface area contributed by atoms with E-state index in [-0.39, 0.29) is 11.4 Å². The minimum Gasteiger partial charge on any atom is -0.465 e. The van der Waals surface area contributed by atoms with E-state index in [4.69, 9.17) is 4.74 Å². The Labute approximate surface area is 126 Å². The molecule has 0 unspecified atom stereocenters. The molecule has 0 bridgehead atoms. The molecule has 0 radical (unpaired) electrons. The average molecular weight is 332 g/mol. The second-order valence-electron chi connectivity index (χ2n) is 4.11. The third-order valence-electron chi connectivity index (χ3n) is 2.48. The lowest BCUT2D eigenvalue weighted by Gasteiger charge is -2.12. The summed E-state index contributed by atoms with van der Waals surface area (Å²) in [5.74, 6) is -2.80. The predicted molar refractivity (Wildman–Crippen MR) is 68.0 cm³/mol. The lowest BCUT2D eigenvalue weighted by molar-refractivity contribution is -0.140. The molecule has 0 aromatic heterocycles. The highest BCUT2D eigenvalue weighted by Gasteiger charge is 2.34. The second-order valence-corrected chi connectivity index (χ2v) is 4.11. The van der Waals surface area contributed by atoms with Crippen LogP contribution in [0.5, 0.6) is 0 Å². The number of halogens is 4. The summed E-state index contributed by atoms with van der Waals surface area (Å²) in [6, 6.07) is 0.734. The summed E-state index contributed by atoms with van der Waals surface area (Å²) in [6.07, 6.45) is -1.82. The quantitative estimate of drug-likeness (QED) is 0.817. The Bertz CT molecular complexity index is 698. The number of carbonyl (C=O) groups is 2. The van der Waals surface area contributed by atoms with Crippen LogP contribution in [0, 0.1) is 5.82 Å². The molecule has 10 heteroatoms. The normalized spacial score (nSPS) is 13.5. The lowest BCUT2D eigenvalue weighted by Crippen LogP contribution is -2.35. The zero-order valence-corrected chi connectivity index (χ0v) is 11.1. The minimum absolute atomic E-state index is 0.335. The van der Waals surface area contributed by atoms with Gasteiger partial charge in [-0.2, -0.15) is 13.2 Å². The number of amides is 3. The number of hydrogen-bond acceptors (Lipinski definition) is 4. The van der Waals surface area contributed by atoms with E-state index >= 15 is 0 Å². The maximum atomic E-state index is 13.1. The zero-order valence-electron chi connectivity index (χ0n) is 11.1. The van der Waals surface area contributed by atoms with Crippen LogP contribution in [-0.4, -0.2) is 11.9 Å². The van der Waals surface area contributed by atoms with Crippen LogP contribution in [0.1, 0.15) is 5.56 Å². The average Bonchev–Trinajstić information content (AvgIpc) is 2.49. The molecule has 0 aliphatic carbocycles. The van der Waals surface area contributed by atoms with Crippen LogP contribution in [0.2, 0.25) is 0 Å². The van der Waals surface area contributed by atoms with Crippen LogP contribution in [0.4, 0.5) is 28.0 Å². The van der Waals surface area contributed by atoms with Gasteiger partial charge in [-0.15, -0.1) is 0 Å². The van der Waals surface area contributed by atoms with Gasteiger partial charge in [0.15, 0.2) is 0 Å². The molecule has 0 spiro atoms. The van der Waals surface area contributed by atoms with Crippen LogP contribution in [0.15, 0.2) is 42.7 Å². The first-order valence-electron chi connectivity index (χ1n) is 5.94. The van der Waals surface area contributed by atoms with Crippen LogP contribution >= 0.6 is 0 Å². The van der Waals surface area contributed by atoms with Crippen molar-refractivity contribution in [2.75, 3.05) is 5.32 Å². The molecule has 0 saturated heterocycles. The molecule has 122 valence electrons. The number of rotatable bonds is 2. The number of benzene rings is 1. The number of urea groups is 1. The molecule has 0 atom stereocenters. The Hall–Kier alpha value is -3.04. The Kier molecular flexibility index (Phi) is 4.53. The molecule has 2 N–H and O–H groups in total. The SMILES string of the molecule is O=C(NC(=O)C1=COC=CO1)Nc1ccc(F)c(C(F)(F)F)c1. The molecule has 1 aliphatic rings. The molecule has 3 amide bonds. The van der Waals surface area contributed by atoms with E-state index in [1.807, 2.05) is 5.32 Å². The number of hydrogen-bond donors (Lipinski definition) is 2. The van der Waals surface area contributed by atoms with E-state index in [2.05, 4.69) is 4.74 Å². The number of alkyl halides is 3. The Morgan fingerprint density at radius 3 is 2.48 bits per heavy atom. The molecule has 1 aromatic rings. The first kappa shape index (κ1) is 16.3. The van der Waals surface area contributed by atoms with Gasteiger partial charge in [0, 0.05) is 5.69 Å². The van der Waals surface area contributed by atoms with E-state index < -0.39 is 29.5 Å². The minimum atomic E-state index is -4.92. The van der Waals surface area contributed by atoms with Gasteiger partial charge in [-0.1, -0.05) is 0 Å². The number of imide groups is 1. The highest BCUT2D eigenvalue weighted by Crippen LogP contribution is 2.32. The maximum Gasteiger partial charge on any atom is 0.419 e. The van der Waals surface area contributed by atoms with E-state index in [0.717, 1.165) is 24.9 Å². The molecule has 0 fully saturated rings. The highest BCUT2D eigenvalue weighted by atomic mass is 19.4. The molecule has 6 nitrogen and oxygen atoms in total.